The normalized spacial score (nSPS) is 10.2. The number of carboxylic acids is 1. The second-order valence-electron chi connectivity index (χ2n) is 3.90. The molecule has 0 spiro atoms. The molecule has 4 nitrogen and oxygen atoms in total. The van der Waals surface area contributed by atoms with Crippen molar-refractivity contribution < 1.29 is 19.7 Å². The van der Waals surface area contributed by atoms with Gasteiger partial charge in [0, 0.05) is 3.57 Å². The number of phenolic OH excluding ortho intramolecular Hbond substituents is 1. The summed E-state index contributed by atoms with van der Waals surface area (Å²) in [5, 5.41) is 18.4. The molecular weight excluding hydrogens is 359 g/mol. The monoisotopic (exact) mass is 370 g/mol. The lowest BCUT2D eigenvalue weighted by Crippen LogP contribution is -2.03. The van der Waals surface area contributed by atoms with Crippen molar-refractivity contribution in [2.75, 3.05) is 0 Å². The van der Waals surface area contributed by atoms with Gasteiger partial charge in [0.25, 0.3) is 0 Å². The third-order valence-electron chi connectivity index (χ3n) is 2.48. The average molecular weight is 370 g/mol. The first kappa shape index (κ1) is 13.7. The van der Waals surface area contributed by atoms with Crippen molar-refractivity contribution in [2.24, 2.45) is 0 Å². The van der Waals surface area contributed by atoms with Crippen LogP contribution in [0, 0.1) is 3.57 Å². The van der Waals surface area contributed by atoms with E-state index in [1.54, 1.807) is 42.5 Å². The standard InChI is InChI=1S/C14H11IO4/c15-10-4-5-13(12(7-10)14(17)18)19-8-9-2-1-3-11(16)6-9/h1-7,16H,8H2,(H,17,18). The number of carbonyl (C=O) groups is 1. The zero-order chi connectivity index (χ0) is 13.8. The molecular formula is C14H11IO4. The number of benzene rings is 2. The Morgan fingerprint density at radius 3 is 2.68 bits per heavy atom. The van der Waals surface area contributed by atoms with Gasteiger partial charge < -0.3 is 14.9 Å². The molecule has 0 unspecified atom stereocenters. The second kappa shape index (κ2) is 5.92. The number of phenols is 1. The Bertz CT molecular complexity index is 610. The van der Waals surface area contributed by atoms with Crippen LogP contribution in [0.15, 0.2) is 42.5 Å². The number of hydrogen-bond donors (Lipinski definition) is 2. The molecule has 0 saturated carbocycles. The molecule has 0 radical (unpaired) electrons. The van der Waals surface area contributed by atoms with Gasteiger partial charge in [0.05, 0.1) is 0 Å². The van der Waals surface area contributed by atoms with Gasteiger partial charge in [0.1, 0.15) is 23.7 Å². The van der Waals surface area contributed by atoms with Crippen molar-refractivity contribution in [2.45, 2.75) is 6.61 Å². The van der Waals surface area contributed by atoms with Crippen molar-refractivity contribution in [3.63, 3.8) is 0 Å². The van der Waals surface area contributed by atoms with Gasteiger partial charge >= 0.3 is 5.97 Å². The molecule has 98 valence electrons. The van der Waals surface area contributed by atoms with Crippen LogP contribution in [0.3, 0.4) is 0 Å². The number of hydrogen-bond acceptors (Lipinski definition) is 3. The predicted octanol–water partition coefficient (Wildman–Crippen LogP) is 3.27. The van der Waals surface area contributed by atoms with Gasteiger partial charge in [-0.3, -0.25) is 0 Å². The number of rotatable bonds is 4. The first-order valence-corrected chi connectivity index (χ1v) is 6.57. The third-order valence-corrected chi connectivity index (χ3v) is 3.15. The molecule has 0 saturated heterocycles. The molecule has 0 bridgehead atoms. The summed E-state index contributed by atoms with van der Waals surface area (Å²) in [6.07, 6.45) is 0. The van der Waals surface area contributed by atoms with Crippen molar-refractivity contribution in [1.29, 1.82) is 0 Å². The molecule has 0 aliphatic heterocycles. The minimum absolute atomic E-state index is 0.132. The molecule has 0 aromatic heterocycles. The van der Waals surface area contributed by atoms with Gasteiger partial charge in [-0.15, -0.1) is 0 Å². The molecule has 5 heteroatoms. The lowest BCUT2D eigenvalue weighted by molar-refractivity contribution is 0.0691. The Morgan fingerprint density at radius 2 is 2.00 bits per heavy atom. The molecule has 0 amide bonds. The van der Waals surface area contributed by atoms with Crippen LogP contribution in [0.2, 0.25) is 0 Å². The summed E-state index contributed by atoms with van der Waals surface area (Å²) in [4.78, 5) is 11.1. The van der Waals surface area contributed by atoms with Crippen LogP contribution < -0.4 is 4.74 Å². The Hall–Kier alpha value is -1.76. The van der Waals surface area contributed by atoms with Crippen LogP contribution in [0.1, 0.15) is 15.9 Å². The second-order valence-corrected chi connectivity index (χ2v) is 5.15. The lowest BCUT2D eigenvalue weighted by atomic mass is 10.2. The van der Waals surface area contributed by atoms with E-state index in [4.69, 9.17) is 9.84 Å². The van der Waals surface area contributed by atoms with Crippen LogP contribution in [0.5, 0.6) is 11.5 Å². The first-order chi connectivity index (χ1) is 9.06. The fourth-order valence-corrected chi connectivity index (χ4v) is 2.09. The minimum atomic E-state index is -1.02. The van der Waals surface area contributed by atoms with Gasteiger partial charge in [-0.2, -0.15) is 0 Å². The van der Waals surface area contributed by atoms with Crippen molar-refractivity contribution in [3.05, 3.63) is 57.2 Å². The molecule has 2 aromatic rings. The highest BCUT2D eigenvalue weighted by Crippen LogP contribution is 2.23. The maximum absolute atomic E-state index is 11.1. The van der Waals surface area contributed by atoms with Crippen molar-refractivity contribution in [3.8, 4) is 11.5 Å². The Morgan fingerprint density at radius 1 is 1.21 bits per heavy atom. The highest BCUT2D eigenvalue weighted by Gasteiger charge is 2.12. The summed E-state index contributed by atoms with van der Waals surface area (Å²) in [5.74, 6) is -0.553. The number of aromatic hydroxyl groups is 1. The van der Waals surface area contributed by atoms with E-state index >= 15 is 0 Å². The van der Waals surface area contributed by atoms with E-state index in [1.807, 2.05) is 22.6 Å². The third kappa shape index (κ3) is 3.60. The van der Waals surface area contributed by atoms with Gasteiger partial charge in [0.15, 0.2) is 0 Å². The Balaban J connectivity index is 2.17. The molecule has 0 aliphatic carbocycles. The van der Waals surface area contributed by atoms with E-state index in [9.17, 15) is 9.90 Å². The fraction of sp³-hybridized carbons (Fsp3) is 0.0714. The predicted molar refractivity (Wildman–Crippen MR) is 78.6 cm³/mol. The summed E-state index contributed by atoms with van der Waals surface area (Å²) in [7, 11) is 0. The Labute approximate surface area is 123 Å². The van der Waals surface area contributed by atoms with Gasteiger partial charge in [0.2, 0.25) is 0 Å². The lowest BCUT2D eigenvalue weighted by Gasteiger charge is -2.09. The van der Waals surface area contributed by atoms with E-state index in [0.717, 1.165) is 9.13 Å². The van der Waals surface area contributed by atoms with Crippen LogP contribution in [-0.2, 0) is 6.61 Å². The van der Waals surface area contributed by atoms with Crippen LogP contribution in [0.4, 0.5) is 0 Å². The van der Waals surface area contributed by atoms with Gasteiger partial charge in [-0.25, -0.2) is 4.79 Å². The largest absolute Gasteiger partial charge is 0.508 e. The molecule has 2 aromatic carbocycles. The molecule has 0 fully saturated rings. The highest BCUT2D eigenvalue weighted by molar-refractivity contribution is 14.1. The minimum Gasteiger partial charge on any atom is -0.508 e. The van der Waals surface area contributed by atoms with E-state index in [-0.39, 0.29) is 17.9 Å². The summed E-state index contributed by atoms with van der Waals surface area (Å²) in [5.41, 5.74) is 0.905. The van der Waals surface area contributed by atoms with E-state index in [2.05, 4.69) is 0 Å². The fourth-order valence-electron chi connectivity index (χ4n) is 1.60. The molecule has 2 N–H and O–H groups in total. The number of halogens is 1. The van der Waals surface area contributed by atoms with Crippen LogP contribution in [-0.4, -0.2) is 16.2 Å². The molecule has 19 heavy (non-hydrogen) atoms. The summed E-state index contributed by atoms with van der Waals surface area (Å²) in [6, 6.07) is 11.6. The summed E-state index contributed by atoms with van der Waals surface area (Å²) in [6.45, 7) is 0.204. The van der Waals surface area contributed by atoms with Gasteiger partial charge in [-0.05, 0) is 58.5 Å². The van der Waals surface area contributed by atoms with E-state index in [1.165, 1.54) is 0 Å². The highest BCUT2D eigenvalue weighted by atomic mass is 127. The van der Waals surface area contributed by atoms with E-state index in [0.29, 0.717) is 5.75 Å². The van der Waals surface area contributed by atoms with Crippen LogP contribution >= 0.6 is 22.6 Å². The summed E-state index contributed by atoms with van der Waals surface area (Å²) >= 11 is 2.05. The average Bonchev–Trinajstić information content (AvgIpc) is 2.37. The quantitative estimate of drug-likeness (QED) is 0.811. The SMILES string of the molecule is O=C(O)c1cc(I)ccc1OCc1cccc(O)c1. The summed E-state index contributed by atoms with van der Waals surface area (Å²) < 4.78 is 6.33. The number of ether oxygens (including phenoxy) is 1. The van der Waals surface area contributed by atoms with Crippen molar-refractivity contribution in [1.82, 2.24) is 0 Å². The first-order valence-electron chi connectivity index (χ1n) is 5.50. The van der Waals surface area contributed by atoms with E-state index < -0.39 is 5.97 Å². The maximum Gasteiger partial charge on any atom is 0.339 e. The Kier molecular flexibility index (Phi) is 4.26. The topological polar surface area (TPSA) is 66.8 Å². The number of carboxylic acid groups (broad SMARTS) is 1. The van der Waals surface area contributed by atoms with Crippen LogP contribution in [0.25, 0.3) is 0 Å². The smallest absolute Gasteiger partial charge is 0.339 e. The molecule has 2 rings (SSSR count). The molecule has 0 atom stereocenters. The zero-order valence-electron chi connectivity index (χ0n) is 9.84. The maximum atomic E-state index is 11.1. The van der Waals surface area contributed by atoms with Gasteiger partial charge in [-0.1, -0.05) is 12.1 Å². The molecule has 0 aliphatic rings. The molecule has 0 heterocycles. The number of aromatic carboxylic acids is 1. The zero-order valence-corrected chi connectivity index (χ0v) is 12.0. The van der Waals surface area contributed by atoms with Crippen molar-refractivity contribution >= 4 is 28.6 Å².